The SMILES string of the molecule is c1ccc(NNCc2ccc3ccccc3c2)cc1. The average molecular weight is 248 g/mol. The smallest absolute Gasteiger partial charge is 0.0487 e. The maximum Gasteiger partial charge on any atom is 0.0487 e. The Morgan fingerprint density at radius 2 is 1.42 bits per heavy atom. The number of fused-ring (bicyclic) bond motifs is 1. The minimum Gasteiger partial charge on any atom is -0.321 e. The van der Waals surface area contributed by atoms with Gasteiger partial charge in [0, 0.05) is 12.2 Å². The largest absolute Gasteiger partial charge is 0.321 e. The summed E-state index contributed by atoms with van der Waals surface area (Å²) in [6.45, 7) is 0.791. The second kappa shape index (κ2) is 5.55. The molecule has 3 rings (SSSR count). The number of hydrogen-bond acceptors (Lipinski definition) is 2. The highest BCUT2D eigenvalue weighted by molar-refractivity contribution is 5.82. The molecule has 0 unspecified atom stereocenters. The van der Waals surface area contributed by atoms with E-state index in [9.17, 15) is 0 Å². The monoisotopic (exact) mass is 248 g/mol. The van der Waals surface area contributed by atoms with Gasteiger partial charge in [-0.25, -0.2) is 5.43 Å². The Hall–Kier alpha value is -2.32. The molecule has 2 nitrogen and oxygen atoms in total. The first-order chi connectivity index (χ1) is 9.42. The lowest BCUT2D eigenvalue weighted by Crippen LogP contribution is -2.20. The fourth-order valence-electron chi connectivity index (χ4n) is 2.12. The van der Waals surface area contributed by atoms with Crippen LogP contribution in [-0.4, -0.2) is 0 Å². The van der Waals surface area contributed by atoms with Crippen LogP contribution < -0.4 is 10.9 Å². The van der Waals surface area contributed by atoms with Gasteiger partial charge in [0.2, 0.25) is 0 Å². The van der Waals surface area contributed by atoms with Crippen molar-refractivity contribution in [2.45, 2.75) is 6.54 Å². The minimum absolute atomic E-state index is 0.791. The van der Waals surface area contributed by atoms with Gasteiger partial charge in [-0.2, -0.15) is 0 Å². The van der Waals surface area contributed by atoms with E-state index in [2.05, 4.69) is 53.3 Å². The van der Waals surface area contributed by atoms with Crippen molar-refractivity contribution in [3.63, 3.8) is 0 Å². The van der Waals surface area contributed by atoms with Gasteiger partial charge in [-0.1, -0.05) is 54.6 Å². The Labute approximate surface area is 113 Å². The van der Waals surface area contributed by atoms with Crippen LogP contribution >= 0.6 is 0 Å². The van der Waals surface area contributed by atoms with Gasteiger partial charge in [0.15, 0.2) is 0 Å². The Balaban J connectivity index is 1.65. The number of nitrogens with one attached hydrogen (secondary N) is 2. The molecule has 94 valence electrons. The van der Waals surface area contributed by atoms with Gasteiger partial charge < -0.3 is 5.43 Å². The van der Waals surface area contributed by atoms with Crippen molar-refractivity contribution in [1.29, 1.82) is 0 Å². The molecule has 0 aliphatic rings. The molecular formula is C17H16N2. The molecule has 0 aliphatic carbocycles. The lowest BCUT2D eigenvalue weighted by atomic mass is 10.1. The average Bonchev–Trinajstić information content (AvgIpc) is 2.48. The Morgan fingerprint density at radius 1 is 0.684 bits per heavy atom. The zero-order valence-corrected chi connectivity index (χ0v) is 10.6. The second-order valence-electron chi connectivity index (χ2n) is 4.53. The molecule has 0 saturated heterocycles. The molecule has 0 heterocycles. The Bertz CT molecular complexity index is 662. The van der Waals surface area contributed by atoms with Crippen LogP contribution in [-0.2, 0) is 6.54 Å². The summed E-state index contributed by atoms with van der Waals surface area (Å²) in [5, 5.41) is 2.56. The fraction of sp³-hybridized carbons (Fsp3) is 0.0588. The van der Waals surface area contributed by atoms with Crippen LogP contribution in [0.1, 0.15) is 5.56 Å². The van der Waals surface area contributed by atoms with Crippen LogP contribution in [0.5, 0.6) is 0 Å². The highest BCUT2D eigenvalue weighted by Gasteiger charge is 1.96. The van der Waals surface area contributed by atoms with Crippen LogP contribution in [0, 0.1) is 0 Å². The molecule has 3 aromatic carbocycles. The maximum atomic E-state index is 3.23. The van der Waals surface area contributed by atoms with Gasteiger partial charge in [-0.3, -0.25) is 0 Å². The first-order valence-electron chi connectivity index (χ1n) is 6.43. The van der Waals surface area contributed by atoms with Crippen LogP contribution in [0.15, 0.2) is 72.8 Å². The van der Waals surface area contributed by atoms with Crippen molar-refractivity contribution in [3.05, 3.63) is 78.4 Å². The molecule has 0 saturated carbocycles. The Kier molecular flexibility index (Phi) is 3.43. The summed E-state index contributed by atoms with van der Waals surface area (Å²) < 4.78 is 0. The van der Waals surface area contributed by atoms with Crippen molar-refractivity contribution in [3.8, 4) is 0 Å². The van der Waals surface area contributed by atoms with Crippen molar-refractivity contribution in [2.75, 3.05) is 5.43 Å². The number of anilines is 1. The fourth-order valence-corrected chi connectivity index (χ4v) is 2.12. The summed E-state index contributed by atoms with van der Waals surface area (Å²) in [7, 11) is 0. The highest BCUT2D eigenvalue weighted by Crippen LogP contribution is 2.15. The molecular weight excluding hydrogens is 232 g/mol. The molecule has 0 amide bonds. The van der Waals surface area contributed by atoms with Crippen LogP contribution in [0.3, 0.4) is 0 Å². The normalized spacial score (nSPS) is 10.5. The zero-order valence-electron chi connectivity index (χ0n) is 10.6. The predicted molar refractivity (Wildman–Crippen MR) is 80.9 cm³/mol. The molecule has 0 aliphatic heterocycles. The van der Waals surface area contributed by atoms with E-state index in [4.69, 9.17) is 0 Å². The molecule has 0 radical (unpaired) electrons. The van der Waals surface area contributed by atoms with E-state index in [1.807, 2.05) is 30.3 Å². The van der Waals surface area contributed by atoms with E-state index in [0.29, 0.717) is 0 Å². The molecule has 2 heteroatoms. The first-order valence-corrected chi connectivity index (χ1v) is 6.43. The lowest BCUT2D eigenvalue weighted by molar-refractivity contribution is 0.802. The quantitative estimate of drug-likeness (QED) is 0.683. The second-order valence-corrected chi connectivity index (χ2v) is 4.53. The molecule has 0 atom stereocenters. The van der Waals surface area contributed by atoms with Gasteiger partial charge in [0.05, 0.1) is 0 Å². The van der Waals surface area contributed by atoms with Gasteiger partial charge in [-0.05, 0) is 34.5 Å². The number of benzene rings is 3. The van der Waals surface area contributed by atoms with Crippen LogP contribution in [0.25, 0.3) is 10.8 Å². The molecule has 0 aromatic heterocycles. The number of hydrogen-bond donors (Lipinski definition) is 2. The van der Waals surface area contributed by atoms with E-state index in [1.165, 1.54) is 16.3 Å². The summed E-state index contributed by atoms with van der Waals surface area (Å²) in [6, 6.07) is 25.1. The number of rotatable bonds is 4. The predicted octanol–water partition coefficient (Wildman–Crippen LogP) is 3.96. The Morgan fingerprint density at radius 3 is 2.26 bits per heavy atom. The van der Waals surface area contributed by atoms with E-state index < -0.39 is 0 Å². The van der Waals surface area contributed by atoms with Crippen molar-refractivity contribution >= 4 is 16.5 Å². The third kappa shape index (κ3) is 2.92. The molecule has 0 fully saturated rings. The summed E-state index contributed by atoms with van der Waals surface area (Å²) in [5.74, 6) is 0. The molecule has 2 N–H and O–H groups in total. The van der Waals surface area contributed by atoms with Crippen LogP contribution in [0.4, 0.5) is 5.69 Å². The summed E-state index contributed by atoms with van der Waals surface area (Å²) in [5.41, 5.74) is 8.76. The van der Waals surface area contributed by atoms with Gasteiger partial charge in [0.1, 0.15) is 0 Å². The van der Waals surface area contributed by atoms with Crippen LogP contribution in [0.2, 0.25) is 0 Å². The highest BCUT2D eigenvalue weighted by atomic mass is 15.3. The van der Waals surface area contributed by atoms with E-state index in [0.717, 1.165) is 12.2 Å². The first kappa shape index (κ1) is 11.8. The van der Waals surface area contributed by atoms with E-state index in [-0.39, 0.29) is 0 Å². The van der Waals surface area contributed by atoms with Crippen molar-refractivity contribution in [1.82, 2.24) is 5.43 Å². The summed E-state index contributed by atoms with van der Waals surface area (Å²) in [6.07, 6.45) is 0. The standard InChI is InChI=1S/C17H16N2/c1-2-8-17(9-3-1)19-18-13-14-10-11-15-6-4-5-7-16(15)12-14/h1-12,18-19H,13H2. The van der Waals surface area contributed by atoms with Crippen molar-refractivity contribution in [2.24, 2.45) is 0 Å². The molecule has 0 bridgehead atoms. The molecule has 3 aromatic rings. The van der Waals surface area contributed by atoms with Gasteiger partial charge in [-0.15, -0.1) is 0 Å². The van der Waals surface area contributed by atoms with Gasteiger partial charge in [0.25, 0.3) is 0 Å². The molecule has 0 spiro atoms. The molecule has 19 heavy (non-hydrogen) atoms. The lowest BCUT2D eigenvalue weighted by Gasteiger charge is -2.09. The summed E-state index contributed by atoms with van der Waals surface area (Å²) >= 11 is 0. The summed E-state index contributed by atoms with van der Waals surface area (Å²) in [4.78, 5) is 0. The third-order valence-electron chi connectivity index (χ3n) is 3.11. The minimum atomic E-state index is 0.791. The zero-order chi connectivity index (χ0) is 12.9. The third-order valence-corrected chi connectivity index (χ3v) is 3.11. The number of para-hydroxylation sites is 1. The number of hydrazine groups is 1. The van der Waals surface area contributed by atoms with E-state index >= 15 is 0 Å². The van der Waals surface area contributed by atoms with Crippen molar-refractivity contribution < 1.29 is 0 Å². The van der Waals surface area contributed by atoms with Gasteiger partial charge >= 0.3 is 0 Å². The van der Waals surface area contributed by atoms with E-state index in [1.54, 1.807) is 0 Å². The maximum absolute atomic E-state index is 3.23. The topological polar surface area (TPSA) is 24.1 Å².